The van der Waals surface area contributed by atoms with Crippen LogP contribution in [0.5, 0.6) is 0 Å². The van der Waals surface area contributed by atoms with Gasteiger partial charge in [-0.1, -0.05) is 6.07 Å². The van der Waals surface area contributed by atoms with Crippen LogP contribution < -0.4 is 22.1 Å². The number of methoxy groups -OCH3 is 1. The molecule has 6 N–H and O–H groups in total. The van der Waals surface area contributed by atoms with Crippen molar-refractivity contribution in [2.24, 2.45) is 18.5 Å². The fourth-order valence-electron chi connectivity index (χ4n) is 2.64. The number of hydrogen-bond donors (Lipinski definition) is 4. The Hall–Kier alpha value is -3.24. The third kappa shape index (κ3) is 4.30. The van der Waals surface area contributed by atoms with E-state index in [4.69, 9.17) is 16.2 Å². The number of aromatic nitrogens is 4. The summed E-state index contributed by atoms with van der Waals surface area (Å²) in [6, 6.07) is 5.43. The van der Waals surface area contributed by atoms with Gasteiger partial charge >= 0.3 is 0 Å². The van der Waals surface area contributed by atoms with E-state index in [0.29, 0.717) is 24.9 Å². The largest absolute Gasteiger partial charge is 0.383 e. The van der Waals surface area contributed by atoms with E-state index in [1.807, 2.05) is 31.4 Å². The number of hydrogen-bond acceptors (Lipinski definition) is 8. The summed E-state index contributed by atoms with van der Waals surface area (Å²) in [5.74, 6) is 0.00239. The molecule has 3 aromatic rings. The van der Waals surface area contributed by atoms with E-state index >= 15 is 0 Å². The van der Waals surface area contributed by atoms with E-state index in [-0.39, 0.29) is 11.6 Å². The summed E-state index contributed by atoms with van der Waals surface area (Å²) in [7, 11) is 3.42. The fraction of sp³-hybridized carbons (Fsp3) is 0.294. The number of ether oxygens (including phenoxy) is 1. The first-order valence-electron chi connectivity index (χ1n) is 8.32. The van der Waals surface area contributed by atoms with Gasteiger partial charge in [0.05, 0.1) is 17.8 Å². The van der Waals surface area contributed by atoms with Crippen molar-refractivity contribution >= 4 is 34.3 Å². The van der Waals surface area contributed by atoms with Crippen molar-refractivity contribution in [2.45, 2.75) is 6.04 Å². The van der Waals surface area contributed by atoms with Crippen LogP contribution in [0.3, 0.4) is 0 Å². The van der Waals surface area contributed by atoms with Gasteiger partial charge in [-0.15, -0.1) is 0 Å². The van der Waals surface area contributed by atoms with Crippen LogP contribution in [0.2, 0.25) is 0 Å². The topological polar surface area (TPSA) is 146 Å². The van der Waals surface area contributed by atoms with Crippen LogP contribution in [0, 0.1) is 0 Å². The molecule has 1 atom stereocenters. The van der Waals surface area contributed by atoms with Gasteiger partial charge in [-0.2, -0.15) is 10.1 Å². The zero-order chi connectivity index (χ0) is 19.4. The first kappa shape index (κ1) is 18.5. The van der Waals surface area contributed by atoms with Crippen LogP contribution in [-0.2, 0) is 11.8 Å². The molecule has 0 aliphatic heterocycles. The van der Waals surface area contributed by atoms with E-state index in [2.05, 4.69) is 25.7 Å². The number of anilines is 3. The molecule has 0 aliphatic rings. The summed E-state index contributed by atoms with van der Waals surface area (Å²) in [4.78, 5) is 20.3. The molecule has 10 heteroatoms. The number of carbonyl (C=O) groups is 1. The summed E-state index contributed by atoms with van der Waals surface area (Å²) in [6.07, 6.45) is 3.26. The Morgan fingerprint density at radius 3 is 2.96 bits per heavy atom. The van der Waals surface area contributed by atoms with Crippen molar-refractivity contribution in [3.63, 3.8) is 0 Å². The Kier molecular flexibility index (Phi) is 5.48. The molecule has 0 unspecified atom stereocenters. The third-order valence-corrected chi connectivity index (χ3v) is 3.87. The Morgan fingerprint density at radius 2 is 2.22 bits per heavy atom. The Labute approximate surface area is 155 Å². The van der Waals surface area contributed by atoms with Gasteiger partial charge in [0.1, 0.15) is 11.4 Å². The normalized spacial score (nSPS) is 12.1. The van der Waals surface area contributed by atoms with Crippen LogP contribution in [0.1, 0.15) is 10.4 Å². The van der Waals surface area contributed by atoms with Crippen LogP contribution in [0.15, 0.2) is 30.6 Å². The highest BCUT2D eigenvalue weighted by atomic mass is 16.5. The van der Waals surface area contributed by atoms with E-state index in [1.54, 1.807) is 11.8 Å². The number of nitrogens with two attached hydrogens (primary N) is 2. The van der Waals surface area contributed by atoms with Crippen molar-refractivity contribution in [3.8, 4) is 0 Å². The van der Waals surface area contributed by atoms with Gasteiger partial charge in [-0.05, 0) is 12.1 Å². The number of aryl methyl sites for hydroxylation is 1. The second-order valence-electron chi connectivity index (χ2n) is 6.08. The number of rotatable bonds is 8. The van der Waals surface area contributed by atoms with Gasteiger partial charge in [-0.25, -0.2) is 4.98 Å². The maximum Gasteiger partial charge on any atom is 0.254 e. The van der Waals surface area contributed by atoms with Gasteiger partial charge < -0.3 is 26.8 Å². The van der Waals surface area contributed by atoms with Gasteiger partial charge in [0.25, 0.3) is 5.91 Å². The monoisotopic (exact) mass is 370 g/mol. The lowest BCUT2D eigenvalue weighted by molar-refractivity contribution is 0.100. The standard InChI is InChI=1S/C17H22N8O2/c1-25-8-12-13(4-3-5-14(12)24-25)22-16-11(15(19)26)7-21-17(23-16)20-6-10(18)9-27-2/h3-5,7-8,10H,6,9,18H2,1-2H3,(H2,19,26)(H2,20,21,22,23)/t10-/m1/s1. The molecule has 2 aromatic heterocycles. The molecule has 142 valence electrons. The minimum atomic E-state index is -0.626. The van der Waals surface area contributed by atoms with E-state index in [0.717, 1.165) is 16.6 Å². The number of nitrogens with zero attached hydrogens (tertiary/aromatic N) is 4. The quantitative estimate of drug-likeness (QED) is 0.451. The average Bonchev–Trinajstić information content (AvgIpc) is 3.01. The van der Waals surface area contributed by atoms with Crippen molar-refractivity contribution in [2.75, 3.05) is 30.9 Å². The second kappa shape index (κ2) is 7.98. The number of nitrogens with one attached hydrogen (secondary N) is 2. The minimum absolute atomic E-state index is 0.183. The molecule has 1 amide bonds. The van der Waals surface area contributed by atoms with Crippen molar-refractivity contribution in [1.82, 2.24) is 19.7 Å². The average molecular weight is 370 g/mol. The molecule has 10 nitrogen and oxygen atoms in total. The third-order valence-electron chi connectivity index (χ3n) is 3.87. The van der Waals surface area contributed by atoms with Crippen LogP contribution in [-0.4, -0.2) is 52.0 Å². The molecule has 27 heavy (non-hydrogen) atoms. The highest BCUT2D eigenvalue weighted by Crippen LogP contribution is 2.26. The van der Waals surface area contributed by atoms with Crippen molar-refractivity contribution in [3.05, 3.63) is 36.2 Å². The summed E-state index contributed by atoms with van der Waals surface area (Å²) < 4.78 is 6.72. The molecule has 0 spiro atoms. The molecule has 2 heterocycles. The molecular weight excluding hydrogens is 348 g/mol. The fourth-order valence-corrected chi connectivity index (χ4v) is 2.64. The van der Waals surface area contributed by atoms with Gasteiger partial charge in [0.2, 0.25) is 5.95 Å². The Bertz CT molecular complexity index is 955. The molecule has 1 aromatic carbocycles. The lowest BCUT2D eigenvalue weighted by Crippen LogP contribution is -2.33. The first-order chi connectivity index (χ1) is 13.0. The lowest BCUT2D eigenvalue weighted by Gasteiger charge is -2.14. The molecule has 0 fully saturated rings. The Balaban J connectivity index is 1.89. The van der Waals surface area contributed by atoms with E-state index in [9.17, 15) is 4.79 Å². The van der Waals surface area contributed by atoms with E-state index in [1.165, 1.54) is 6.20 Å². The van der Waals surface area contributed by atoms with Crippen LogP contribution in [0.25, 0.3) is 10.9 Å². The maximum atomic E-state index is 11.8. The molecular formula is C17H22N8O2. The first-order valence-corrected chi connectivity index (χ1v) is 8.32. The maximum absolute atomic E-state index is 11.8. The molecule has 0 aliphatic carbocycles. The summed E-state index contributed by atoms with van der Waals surface area (Å²) in [6.45, 7) is 0.821. The molecule has 3 rings (SSSR count). The summed E-state index contributed by atoms with van der Waals surface area (Å²) >= 11 is 0. The molecule has 0 bridgehead atoms. The van der Waals surface area contributed by atoms with E-state index < -0.39 is 5.91 Å². The van der Waals surface area contributed by atoms with Crippen molar-refractivity contribution < 1.29 is 9.53 Å². The summed E-state index contributed by atoms with van der Waals surface area (Å²) in [5, 5.41) is 11.5. The van der Waals surface area contributed by atoms with Gasteiger partial charge in [-0.3, -0.25) is 9.48 Å². The SMILES string of the molecule is COC[C@H](N)CNc1ncc(C(N)=O)c(Nc2cccc3nn(C)cc23)n1. The van der Waals surface area contributed by atoms with Crippen LogP contribution in [0.4, 0.5) is 17.5 Å². The lowest BCUT2D eigenvalue weighted by atomic mass is 10.2. The number of amides is 1. The predicted molar refractivity (Wildman–Crippen MR) is 103 cm³/mol. The molecule has 0 radical (unpaired) electrons. The Morgan fingerprint density at radius 1 is 1.41 bits per heavy atom. The van der Waals surface area contributed by atoms with Crippen LogP contribution >= 0.6 is 0 Å². The van der Waals surface area contributed by atoms with Crippen molar-refractivity contribution in [1.29, 1.82) is 0 Å². The second-order valence-corrected chi connectivity index (χ2v) is 6.08. The predicted octanol–water partition coefficient (Wildman–Crippen LogP) is 0.591. The number of fused-ring (bicyclic) bond motifs is 1. The smallest absolute Gasteiger partial charge is 0.254 e. The van der Waals surface area contributed by atoms with Gasteiger partial charge in [0, 0.05) is 44.5 Å². The molecule has 0 saturated carbocycles. The number of carbonyl (C=O) groups excluding carboxylic acids is 1. The highest BCUT2D eigenvalue weighted by Gasteiger charge is 2.14. The highest BCUT2D eigenvalue weighted by molar-refractivity contribution is 6.00. The van der Waals surface area contributed by atoms with Gasteiger partial charge in [0.15, 0.2) is 0 Å². The molecule has 0 saturated heterocycles. The zero-order valence-corrected chi connectivity index (χ0v) is 15.1. The number of benzene rings is 1. The summed E-state index contributed by atoms with van der Waals surface area (Å²) in [5.41, 5.74) is 13.1. The zero-order valence-electron chi connectivity index (χ0n) is 15.1. The number of primary amides is 1. The minimum Gasteiger partial charge on any atom is -0.383 e.